The summed E-state index contributed by atoms with van der Waals surface area (Å²) in [4.78, 5) is 13.1. The fourth-order valence-corrected chi connectivity index (χ4v) is 1.29. The monoisotopic (exact) mass is 168 g/mol. The maximum absolute atomic E-state index is 11.3. The Morgan fingerprint density at radius 3 is 2.92 bits per heavy atom. The predicted molar refractivity (Wildman–Crippen MR) is 49.0 cm³/mol. The van der Waals surface area contributed by atoms with Crippen LogP contribution in [0.15, 0.2) is 11.6 Å². The average molecular weight is 168 g/mol. The molecule has 0 bridgehead atoms. The van der Waals surface area contributed by atoms with Crippen LogP contribution in [0.25, 0.3) is 0 Å². The Morgan fingerprint density at radius 2 is 2.42 bits per heavy atom. The van der Waals surface area contributed by atoms with Gasteiger partial charge in [0.15, 0.2) is 0 Å². The molecule has 0 atom stereocenters. The number of carbonyl (C=O) groups excluding carboxylic acids is 1. The van der Waals surface area contributed by atoms with Crippen molar-refractivity contribution < 1.29 is 4.79 Å². The maximum atomic E-state index is 11.3. The zero-order valence-electron chi connectivity index (χ0n) is 7.76. The molecule has 0 saturated heterocycles. The third-order valence-electron chi connectivity index (χ3n) is 2.06. The molecule has 1 N–H and O–H groups in total. The maximum Gasteiger partial charge on any atom is 0.317 e. The first-order valence-electron chi connectivity index (χ1n) is 4.48. The first-order chi connectivity index (χ1) is 5.77. The molecule has 3 heteroatoms. The minimum Gasteiger partial charge on any atom is -0.338 e. The SMILES string of the molecule is CCNC(=O)N1CC=C(CC)C1. The van der Waals surface area contributed by atoms with E-state index in [1.807, 2.05) is 11.8 Å². The topological polar surface area (TPSA) is 32.3 Å². The summed E-state index contributed by atoms with van der Waals surface area (Å²) in [6.07, 6.45) is 3.19. The van der Waals surface area contributed by atoms with Gasteiger partial charge in [-0.1, -0.05) is 18.6 Å². The zero-order chi connectivity index (χ0) is 8.97. The van der Waals surface area contributed by atoms with Gasteiger partial charge in [-0.2, -0.15) is 0 Å². The van der Waals surface area contributed by atoms with Crippen molar-refractivity contribution >= 4 is 6.03 Å². The minimum absolute atomic E-state index is 0.0530. The molecule has 0 spiro atoms. The number of urea groups is 1. The van der Waals surface area contributed by atoms with Crippen molar-refractivity contribution in [1.29, 1.82) is 0 Å². The van der Waals surface area contributed by atoms with E-state index in [0.29, 0.717) is 6.54 Å². The second kappa shape index (κ2) is 4.14. The quantitative estimate of drug-likeness (QED) is 0.620. The van der Waals surface area contributed by atoms with Crippen LogP contribution in [0.3, 0.4) is 0 Å². The molecule has 1 aliphatic rings. The molecule has 0 aromatic heterocycles. The fraction of sp³-hybridized carbons (Fsp3) is 0.667. The smallest absolute Gasteiger partial charge is 0.317 e. The highest BCUT2D eigenvalue weighted by molar-refractivity contribution is 5.75. The summed E-state index contributed by atoms with van der Waals surface area (Å²) >= 11 is 0. The van der Waals surface area contributed by atoms with Crippen molar-refractivity contribution in [2.75, 3.05) is 19.6 Å². The highest BCUT2D eigenvalue weighted by Gasteiger charge is 2.16. The average Bonchev–Trinajstić information content (AvgIpc) is 2.52. The third kappa shape index (κ3) is 2.00. The Morgan fingerprint density at radius 1 is 1.67 bits per heavy atom. The number of hydrogen-bond donors (Lipinski definition) is 1. The fourth-order valence-electron chi connectivity index (χ4n) is 1.29. The normalized spacial score (nSPS) is 16.2. The molecule has 0 saturated carbocycles. The lowest BCUT2D eigenvalue weighted by Gasteiger charge is -2.16. The van der Waals surface area contributed by atoms with Gasteiger partial charge in [0.2, 0.25) is 0 Å². The Hall–Kier alpha value is -0.990. The van der Waals surface area contributed by atoms with Crippen molar-refractivity contribution in [1.82, 2.24) is 10.2 Å². The summed E-state index contributed by atoms with van der Waals surface area (Å²) in [5.74, 6) is 0. The van der Waals surface area contributed by atoms with Crippen LogP contribution in [-0.4, -0.2) is 30.6 Å². The Labute approximate surface area is 73.4 Å². The van der Waals surface area contributed by atoms with Crippen molar-refractivity contribution in [3.63, 3.8) is 0 Å². The van der Waals surface area contributed by atoms with E-state index >= 15 is 0 Å². The second-order valence-corrected chi connectivity index (χ2v) is 2.93. The van der Waals surface area contributed by atoms with Crippen LogP contribution in [0.5, 0.6) is 0 Å². The van der Waals surface area contributed by atoms with Gasteiger partial charge in [-0.05, 0) is 13.3 Å². The van der Waals surface area contributed by atoms with Gasteiger partial charge in [0, 0.05) is 19.6 Å². The number of rotatable bonds is 2. The van der Waals surface area contributed by atoms with Gasteiger partial charge >= 0.3 is 6.03 Å². The molecule has 1 heterocycles. The highest BCUT2D eigenvalue weighted by Crippen LogP contribution is 2.11. The van der Waals surface area contributed by atoms with E-state index in [1.165, 1.54) is 5.57 Å². The molecular formula is C9H16N2O. The van der Waals surface area contributed by atoms with E-state index in [1.54, 1.807) is 0 Å². The standard InChI is InChI=1S/C9H16N2O/c1-3-8-5-6-11(7-8)9(12)10-4-2/h5H,3-4,6-7H2,1-2H3,(H,10,12). The van der Waals surface area contributed by atoms with E-state index in [9.17, 15) is 4.79 Å². The zero-order valence-corrected chi connectivity index (χ0v) is 7.76. The van der Waals surface area contributed by atoms with Gasteiger partial charge in [0.1, 0.15) is 0 Å². The van der Waals surface area contributed by atoms with Crippen LogP contribution in [0.1, 0.15) is 20.3 Å². The van der Waals surface area contributed by atoms with Crippen LogP contribution < -0.4 is 5.32 Å². The number of nitrogens with one attached hydrogen (secondary N) is 1. The molecule has 0 unspecified atom stereocenters. The van der Waals surface area contributed by atoms with Crippen LogP contribution in [0, 0.1) is 0 Å². The molecule has 1 aliphatic heterocycles. The largest absolute Gasteiger partial charge is 0.338 e. The summed E-state index contributed by atoms with van der Waals surface area (Å²) in [6.45, 7) is 6.34. The number of nitrogens with zero attached hydrogens (tertiary/aromatic N) is 1. The number of amides is 2. The first-order valence-corrected chi connectivity index (χ1v) is 4.48. The van der Waals surface area contributed by atoms with Crippen molar-refractivity contribution in [3.8, 4) is 0 Å². The van der Waals surface area contributed by atoms with E-state index in [0.717, 1.165) is 19.5 Å². The molecule has 3 nitrogen and oxygen atoms in total. The van der Waals surface area contributed by atoms with Gasteiger partial charge < -0.3 is 10.2 Å². The van der Waals surface area contributed by atoms with E-state index < -0.39 is 0 Å². The van der Waals surface area contributed by atoms with E-state index in [2.05, 4.69) is 18.3 Å². The summed E-state index contributed by atoms with van der Waals surface area (Å²) in [6, 6.07) is 0.0530. The Balaban J connectivity index is 2.35. The van der Waals surface area contributed by atoms with E-state index in [4.69, 9.17) is 0 Å². The van der Waals surface area contributed by atoms with Crippen molar-refractivity contribution in [3.05, 3.63) is 11.6 Å². The molecule has 0 aromatic rings. The van der Waals surface area contributed by atoms with Gasteiger partial charge in [0.05, 0.1) is 0 Å². The number of hydrogen-bond acceptors (Lipinski definition) is 1. The highest BCUT2D eigenvalue weighted by atomic mass is 16.2. The third-order valence-corrected chi connectivity index (χ3v) is 2.06. The van der Waals surface area contributed by atoms with Crippen molar-refractivity contribution in [2.45, 2.75) is 20.3 Å². The summed E-state index contributed by atoms with van der Waals surface area (Å²) < 4.78 is 0. The van der Waals surface area contributed by atoms with Gasteiger partial charge in [-0.25, -0.2) is 4.79 Å². The summed E-state index contributed by atoms with van der Waals surface area (Å²) in [7, 11) is 0. The first kappa shape index (κ1) is 9.10. The second-order valence-electron chi connectivity index (χ2n) is 2.93. The lowest BCUT2D eigenvalue weighted by atomic mass is 10.2. The Kier molecular flexibility index (Phi) is 3.14. The van der Waals surface area contributed by atoms with Crippen LogP contribution in [-0.2, 0) is 0 Å². The molecule has 0 radical (unpaired) electrons. The van der Waals surface area contributed by atoms with Gasteiger partial charge in [0.25, 0.3) is 0 Å². The number of carbonyl (C=O) groups is 1. The molecule has 68 valence electrons. The van der Waals surface area contributed by atoms with Crippen molar-refractivity contribution in [2.24, 2.45) is 0 Å². The summed E-state index contributed by atoms with van der Waals surface area (Å²) in [5, 5.41) is 2.79. The van der Waals surface area contributed by atoms with Crippen LogP contribution in [0.2, 0.25) is 0 Å². The molecular weight excluding hydrogens is 152 g/mol. The minimum atomic E-state index is 0.0530. The lowest BCUT2D eigenvalue weighted by molar-refractivity contribution is 0.210. The molecule has 1 rings (SSSR count). The summed E-state index contributed by atoms with van der Waals surface area (Å²) in [5.41, 5.74) is 1.36. The predicted octanol–water partition coefficient (Wildman–Crippen LogP) is 1.37. The van der Waals surface area contributed by atoms with Crippen LogP contribution >= 0.6 is 0 Å². The molecule has 0 aliphatic carbocycles. The van der Waals surface area contributed by atoms with E-state index in [-0.39, 0.29) is 6.03 Å². The molecule has 2 amide bonds. The lowest BCUT2D eigenvalue weighted by Crippen LogP contribution is -2.38. The molecule has 12 heavy (non-hydrogen) atoms. The van der Waals surface area contributed by atoms with Gasteiger partial charge in [-0.15, -0.1) is 0 Å². The van der Waals surface area contributed by atoms with Gasteiger partial charge in [-0.3, -0.25) is 0 Å². The molecule has 0 aromatic carbocycles. The van der Waals surface area contributed by atoms with Crippen LogP contribution in [0.4, 0.5) is 4.79 Å². The molecule has 0 fully saturated rings. The Bertz CT molecular complexity index is 199.